The minimum Gasteiger partial charge on any atom is -0.388 e. The van der Waals surface area contributed by atoms with Gasteiger partial charge in [-0.05, 0) is 30.5 Å². The highest BCUT2D eigenvalue weighted by Gasteiger charge is 2.38. The van der Waals surface area contributed by atoms with Crippen LogP contribution in [0.5, 0.6) is 0 Å². The van der Waals surface area contributed by atoms with Gasteiger partial charge in [-0.15, -0.1) is 0 Å². The fourth-order valence-corrected chi connectivity index (χ4v) is 3.80. The molecule has 0 saturated carbocycles. The predicted octanol–water partition coefficient (Wildman–Crippen LogP) is 5.11. The summed E-state index contributed by atoms with van der Waals surface area (Å²) in [5, 5.41) is 15.8. The molecule has 0 atom stereocenters. The van der Waals surface area contributed by atoms with E-state index in [1.165, 1.54) is 13.0 Å². The number of aromatic amines is 1. The molecule has 4 rings (SSSR count). The summed E-state index contributed by atoms with van der Waals surface area (Å²) >= 11 is 0. The van der Waals surface area contributed by atoms with Gasteiger partial charge in [0.1, 0.15) is 18.2 Å². The molecule has 0 aliphatic heterocycles. The van der Waals surface area contributed by atoms with Gasteiger partial charge < -0.3 is 9.67 Å². The first-order valence-electron chi connectivity index (χ1n) is 9.91. The lowest BCUT2D eigenvalue weighted by atomic mass is 9.94. The van der Waals surface area contributed by atoms with Crippen molar-refractivity contribution in [3.05, 3.63) is 53.0 Å². The summed E-state index contributed by atoms with van der Waals surface area (Å²) in [6, 6.07) is 4.41. The largest absolute Gasteiger partial charge is 0.435 e. The summed E-state index contributed by atoms with van der Waals surface area (Å²) in [7, 11) is 1.69. The lowest BCUT2D eigenvalue weighted by Gasteiger charge is -2.15. The van der Waals surface area contributed by atoms with Gasteiger partial charge >= 0.3 is 6.18 Å². The third kappa shape index (κ3) is 3.64. The van der Waals surface area contributed by atoms with Gasteiger partial charge in [0.2, 0.25) is 0 Å². The highest BCUT2D eigenvalue weighted by Crippen LogP contribution is 2.39. The Morgan fingerprint density at radius 1 is 1.12 bits per heavy atom. The number of aliphatic hydroxyl groups is 1. The molecular formula is C22H21F4N5O. The summed E-state index contributed by atoms with van der Waals surface area (Å²) < 4.78 is 57.1. The molecule has 3 heterocycles. The van der Waals surface area contributed by atoms with Gasteiger partial charge in [0.05, 0.1) is 22.5 Å². The number of aromatic nitrogens is 5. The number of hydrogen-bond donors (Lipinski definition) is 2. The Balaban J connectivity index is 1.97. The van der Waals surface area contributed by atoms with Crippen LogP contribution in [0.3, 0.4) is 0 Å². The number of aryl methyl sites for hydroxylation is 2. The Morgan fingerprint density at radius 3 is 2.44 bits per heavy atom. The number of benzene rings is 1. The first-order chi connectivity index (χ1) is 15.0. The second-order valence-electron chi connectivity index (χ2n) is 7.98. The van der Waals surface area contributed by atoms with Crippen molar-refractivity contribution in [2.75, 3.05) is 0 Å². The fraction of sp³-hybridized carbons (Fsp3) is 0.318. The molecule has 0 spiro atoms. The summed E-state index contributed by atoms with van der Waals surface area (Å²) in [6.45, 7) is 5.00. The van der Waals surface area contributed by atoms with E-state index in [2.05, 4.69) is 20.2 Å². The van der Waals surface area contributed by atoms with Gasteiger partial charge in [-0.2, -0.15) is 18.3 Å². The number of alkyl halides is 3. The maximum Gasteiger partial charge on any atom is 0.435 e. The van der Waals surface area contributed by atoms with Crippen molar-refractivity contribution in [1.29, 1.82) is 0 Å². The lowest BCUT2D eigenvalue weighted by Crippen LogP contribution is -2.08. The molecule has 6 nitrogen and oxygen atoms in total. The number of nitrogens with zero attached hydrogens (tertiary/aromatic N) is 4. The topological polar surface area (TPSA) is 79.6 Å². The molecule has 0 amide bonds. The van der Waals surface area contributed by atoms with Gasteiger partial charge in [0.15, 0.2) is 5.69 Å². The summed E-state index contributed by atoms with van der Waals surface area (Å²) in [5.41, 5.74) is 0.618. The van der Waals surface area contributed by atoms with Crippen molar-refractivity contribution in [2.45, 2.75) is 39.5 Å². The number of pyridine rings is 1. The first-order valence-corrected chi connectivity index (χ1v) is 9.91. The molecule has 10 heteroatoms. The number of rotatable bonds is 4. The monoisotopic (exact) mass is 447 g/mol. The number of hydrogen-bond acceptors (Lipinski definition) is 4. The molecule has 1 aromatic carbocycles. The molecule has 0 aliphatic carbocycles. The number of halogens is 4. The van der Waals surface area contributed by atoms with Crippen LogP contribution < -0.4 is 0 Å². The summed E-state index contributed by atoms with van der Waals surface area (Å²) in [5.74, 6) is -0.303. The van der Waals surface area contributed by atoms with E-state index in [4.69, 9.17) is 0 Å². The van der Waals surface area contributed by atoms with Crippen LogP contribution in [0.2, 0.25) is 0 Å². The predicted molar refractivity (Wildman–Crippen MR) is 111 cm³/mol. The van der Waals surface area contributed by atoms with E-state index in [1.807, 2.05) is 13.8 Å². The zero-order valence-electron chi connectivity index (χ0n) is 17.8. The molecule has 0 unspecified atom stereocenters. The van der Waals surface area contributed by atoms with Crippen molar-refractivity contribution in [1.82, 2.24) is 24.7 Å². The maximum absolute atomic E-state index is 15.1. The maximum atomic E-state index is 15.1. The second-order valence-corrected chi connectivity index (χ2v) is 7.98. The van der Waals surface area contributed by atoms with Crippen LogP contribution in [0, 0.1) is 12.7 Å². The van der Waals surface area contributed by atoms with Gasteiger partial charge in [-0.3, -0.25) is 5.10 Å². The van der Waals surface area contributed by atoms with Gasteiger partial charge in [0, 0.05) is 36.0 Å². The smallest absolute Gasteiger partial charge is 0.388 e. The zero-order chi connectivity index (χ0) is 23.4. The SMILES string of the molecule is Cc1[nH]nc(C(F)(F)F)c1-c1cc(C(C)C)c2cc(-c3cn(C)c(CO)n3)c(F)cc2n1. The third-order valence-corrected chi connectivity index (χ3v) is 5.41. The van der Waals surface area contributed by atoms with Crippen LogP contribution >= 0.6 is 0 Å². The van der Waals surface area contributed by atoms with E-state index in [1.54, 1.807) is 29.9 Å². The molecule has 0 fully saturated rings. The molecule has 0 aliphatic rings. The first kappa shape index (κ1) is 21.9. The highest BCUT2D eigenvalue weighted by molar-refractivity contribution is 5.90. The highest BCUT2D eigenvalue weighted by atomic mass is 19.4. The van der Waals surface area contributed by atoms with Crippen LogP contribution in [0.25, 0.3) is 33.4 Å². The van der Waals surface area contributed by atoms with E-state index < -0.39 is 17.7 Å². The molecule has 0 bridgehead atoms. The van der Waals surface area contributed by atoms with Gasteiger partial charge in [0.25, 0.3) is 0 Å². The van der Waals surface area contributed by atoms with E-state index in [0.29, 0.717) is 16.9 Å². The number of H-pyrrole nitrogens is 1. The molecule has 0 radical (unpaired) electrons. The van der Waals surface area contributed by atoms with Crippen LogP contribution in [0.15, 0.2) is 24.4 Å². The Hall–Kier alpha value is -3.27. The van der Waals surface area contributed by atoms with Crippen molar-refractivity contribution in [3.8, 4) is 22.5 Å². The Bertz CT molecular complexity index is 1320. The third-order valence-electron chi connectivity index (χ3n) is 5.41. The second kappa shape index (κ2) is 7.70. The van der Waals surface area contributed by atoms with Crippen molar-refractivity contribution in [2.24, 2.45) is 7.05 Å². The summed E-state index contributed by atoms with van der Waals surface area (Å²) in [6.07, 6.45) is -3.05. The van der Waals surface area contributed by atoms with E-state index >= 15 is 4.39 Å². The molecule has 32 heavy (non-hydrogen) atoms. The van der Waals surface area contributed by atoms with E-state index in [0.717, 1.165) is 5.56 Å². The average Bonchev–Trinajstić information content (AvgIpc) is 3.28. The van der Waals surface area contributed by atoms with Gasteiger partial charge in [-0.25, -0.2) is 14.4 Å². The number of aliphatic hydroxyl groups excluding tert-OH is 1. The van der Waals surface area contributed by atoms with E-state index in [9.17, 15) is 18.3 Å². The number of nitrogens with one attached hydrogen (secondary N) is 1. The molecule has 168 valence electrons. The molecule has 0 saturated heterocycles. The molecule has 3 aromatic heterocycles. The zero-order valence-corrected chi connectivity index (χ0v) is 17.8. The molecular weight excluding hydrogens is 426 g/mol. The summed E-state index contributed by atoms with van der Waals surface area (Å²) in [4.78, 5) is 8.63. The number of imidazole rings is 1. The molecule has 4 aromatic rings. The Morgan fingerprint density at radius 2 is 1.84 bits per heavy atom. The van der Waals surface area contributed by atoms with E-state index in [-0.39, 0.29) is 40.6 Å². The standard InChI is InChI=1S/C22H21F4N5O/c1-10(2)12-6-17(20-11(3)29-30-21(20)22(24,25)26)27-16-7-15(23)14(5-13(12)16)18-8-31(4)19(9-32)28-18/h5-8,10,32H,9H2,1-4H3,(H,29,30). The lowest BCUT2D eigenvalue weighted by molar-refractivity contribution is -0.140. The van der Waals surface area contributed by atoms with Crippen LogP contribution in [0.1, 0.15) is 42.5 Å². The quantitative estimate of drug-likeness (QED) is 0.426. The Kier molecular flexibility index (Phi) is 5.28. The van der Waals surface area contributed by atoms with Crippen LogP contribution in [-0.2, 0) is 19.8 Å². The number of fused-ring (bicyclic) bond motifs is 1. The van der Waals surface area contributed by atoms with Crippen molar-refractivity contribution >= 4 is 10.9 Å². The minimum atomic E-state index is -4.66. The normalized spacial score (nSPS) is 12.3. The van der Waals surface area contributed by atoms with Crippen LogP contribution in [-0.4, -0.2) is 29.8 Å². The average molecular weight is 447 g/mol. The molecule has 2 N–H and O–H groups in total. The fourth-order valence-electron chi connectivity index (χ4n) is 3.80. The Labute approximate surface area is 180 Å². The minimum absolute atomic E-state index is 0.0733. The van der Waals surface area contributed by atoms with Crippen LogP contribution in [0.4, 0.5) is 17.6 Å². The van der Waals surface area contributed by atoms with Crippen molar-refractivity contribution < 1.29 is 22.7 Å². The van der Waals surface area contributed by atoms with Crippen molar-refractivity contribution in [3.63, 3.8) is 0 Å². The van der Waals surface area contributed by atoms with Gasteiger partial charge in [-0.1, -0.05) is 13.8 Å².